The average Bonchev–Trinajstić information content (AvgIpc) is 2.71. The fourth-order valence-electron chi connectivity index (χ4n) is 2.12. The predicted octanol–water partition coefficient (Wildman–Crippen LogP) is -0.0184. The molecule has 4 N–H and O–H groups in total. The predicted molar refractivity (Wildman–Crippen MR) is 93.4 cm³/mol. The number of halogens is 2. The molecule has 0 saturated carbocycles. The number of hydrogen-bond acceptors (Lipinski definition) is 8. The van der Waals surface area contributed by atoms with Gasteiger partial charge in [-0.25, -0.2) is 14.2 Å². The largest absolute Gasteiger partial charge is 0.444 e. The number of alkyl halides is 2. The number of carbonyl (C=O) groups is 2. The highest BCUT2D eigenvalue weighted by molar-refractivity contribution is 5.87. The molecule has 1 amide bonds. The summed E-state index contributed by atoms with van der Waals surface area (Å²) >= 11 is 0. The van der Waals surface area contributed by atoms with Crippen LogP contribution in [0.2, 0.25) is 0 Å². The van der Waals surface area contributed by atoms with E-state index in [4.69, 9.17) is 14.9 Å². The van der Waals surface area contributed by atoms with E-state index in [1.165, 1.54) is 0 Å². The van der Waals surface area contributed by atoms with Crippen molar-refractivity contribution >= 4 is 17.8 Å². The minimum atomic E-state index is -4.59. The van der Waals surface area contributed by atoms with Crippen LogP contribution in [0, 0.1) is 0 Å². The Labute approximate surface area is 162 Å². The lowest BCUT2D eigenvalue weighted by atomic mass is 10.1. The van der Waals surface area contributed by atoms with Gasteiger partial charge in [-0.3, -0.25) is 10.1 Å². The summed E-state index contributed by atoms with van der Waals surface area (Å²) in [4.78, 5) is 38.7. The topological polar surface area (TPSA) is 151 Å². The molecule has 0 saturated heterocycles. The second kappa shape index (κ2) is 9.32. The Balaban J connectivity index is 2.06. The van der Waals surface area contributed by atoms with E-state index in [1.807, 2.05) is 0 Å². The summed E-state index contributed by atoms with van der Waals surface area (Å²) in [6.07, 6.45) is -5.62. The molecule has 0 unspecified atom stereocenters. The van der Waals surface area contributed by atoms with Gasteiger partial charge in [0, 0.05) is 6.20 Å². The second-order valence-electron chi connectivity index (χ2n) is 5.77. The number of aliphatic hydroxyl groups excluding tert-OH is 3. The lowest BCUT2D eigenvalue weighted by molar-refractivity contribution is -0.136. The van der Waals surface area contributed by atoms with Crippen LogP contribution >= 0.6 is 0 Å². The minimum absolute atomic E-state index is 0.0699. The van der Waals surface area contributed by atoms with Gasteiger partial charge in [0.15, 0.2) is 6.10 Å². The van der Waals surface area contributed by atoms with Crippen molar-refractivity contribution in [3.8, 4) is 0 Å². The van der Waals surface area contributed by atoms with Gasteiger partial charge in [-0.15, -0.1) is 0 Å². The molecule has 1 heterocycles. The van der Waals surface area contributed by atoms with Crippen LogP contribution in [0.4, 0.5) is 19.4 Å². The number of aliphatic hydroxyl groups is 3. The molecular weight excluding hydrogens is 396 g/mol. The number of anilines is 1. The van der Waals surface area contributed by atoms with Gasteiger partial charge in [-0.1, -0.05) is 30.3 Å². The van der Waals surface area contributed by atoms with Crippen LogP contribution in [0.25, 0.3) is 0 Å². The Bertz CT molecular complexity index is 921. The number of nitrogens with one attached hydrogen (secondary N) is 1. The van der Waals surface area contributed by atoms with E-state index >= 15 is 0 Å². The Hall–Kier alpha value is -3.22. The maximum absolute atomic E-state index is 13.9. The molecule has 0 fully saturated rings. The quantitative estimate of drug-likeness (QED) is 0.495. The van der Waals surface area contributed by atoms with Crippen molar-refractivity contribution in [2.24, 2.45) is 0 Å². The first-order valence-corrected chi connectivity index (χ1v) is 8.13. The van der Waals surface area contributed by atoms with E-state index in [1.54, 1.807) is 30.3 Å². The van der Waals surface area contributed by atoms with Crippen molar-refractivity contribution < 1.29 is 38.4 Å². The van der Waals surface area contributed by atoms with Gasteiger partial charge in [0.1, 0.15) is 18.5 Å². The maximum atomic E-state index is 13.9. The summed E-state index contributed by atoms with van der Waals surface area (Å²) < 4.78 is 32.7. The lowest BCUT2D eigenvalue weighted by Crippen LogP contribution is -2.53. The molecule has 0 radical (unpaired) electrons. The van der Waals surface area contributed by atoms with Crippen LogP contribution in [0.5, 0.6) is 0 Å². The average molecular weight is 413 g/mol. The third kappa shape index (κ3) is 5.40. The highest BCUT2D eigenvalue weighted by Gasteiger charge is 2.50. The molecule has 2 aromatic rings. The van der Waals surface area contributed by atoms with Crippen LogP contribution < -0.4 is 11.0 Å². The van der Waals surface area contributed by atoms with Crippen LogP contribution in [-0.2, 0) is 11.3 Å². The molecule has 0 aliphatic heterocycles. The van der Waals surface area contributed by atoms with Crippen molar-refractivity contribution in [2.45, 2.75) is 24.7 Å². The van der Waals surface area contributed by atoms with Crippen molar-refractivity contribution in [3.63, 3.8) is 0 Å². The van der Waals surface area contributed by atoms with Crippen LogP contribution in [0.3, 0.4) is 0 Å². The van der Waals surface area contributed by atoms with Gasteiger partial charge in [0.2, 0.25) is 0 Å². The van der Waals surface area contributed by atoms with E-state index in [0.717, 1.165) is 6.07 Å². The van der Waals surface area contributed by atoms with E-state index in [0.29, 0.717) is 11.8 Å². The zero-order chi connectivity index (χ0) is 21.6. The standard InChI is InChI=1S/C17H17F2N3O7/c18-17(19,13(25)11(24)8-23)14(26)22-7-6-12(20-15(22)27)21-16(28)29-9-10-4-2-1-3-5-10/h1-7,11,13,23-25H,8-9H2,(H,20,21,27,28)/t11-,13-/m1/s1. The van der Waals surface area contributed by atoms with Crippen LogP contribution in [0.1, 0.15) is 10.4 Å². The van der Waals surface area contributed by atoms with Gasteiger partial charge >= 0.3 is 23.6 Å². The fraction of sp³-hybridized carbons (Fsp3) is 0.294. The van der Waals surface area contributed by atoms with Crippen molar-refractivity contribution in [1.29, 1.82) is 0 Å². The van der Waals surface area contributed by atoms with Crippen molar-refractivity contribution in [3.05, 3.63) is 58.6 Å². The Morgan fingerprint density at radius 3 is 2.45 bits per heavy atom. The smallest absolute Gasteiger partial charge is 0.413 e. The van der Waals surface area contributed by atoms with Crippen LogP contribution in [-0.4, -0.2) is 61.6 Å². The minimum Gasteiger partial charge on any atom is -0.444 e. The molecule has 0 aliphatic carbocycles. The van der Waals surface area contributed by atoms with E-state index in [9.17, 15) is 28.3 Å². The number of ether oxygens (including phenoxy) is 1. The Morgan fingerprint density at radius 1 is 1.21 bits per heavy atom. The molecule has 156 valence electrons. The highest BCUT2D eigenvalue weighted by Crippen LogP contribution is 2.23. The molecule has 2 rings (SSSR count). The van der Waals surface area contributed by atoms with E-state index in [-0.39, 0.29) is 17.0 Å². The van der Waals surface area contributed by atoms with Gasteiger partial charge in [0.25, 0.3) is 0 Å². The summed E-state index contributed by atoms with van der Waals surface area (Å²) in [5.41, 5.74) is -0.774. The molecule has 2 atom stereocenters. The highest BCUT2D eigenvalue weighted by atomic mass is 19.3. The molecule has 12 heteroatoms. The molecular formula is C17H17F2N3O7. The number of amides is 1. The van der Waals surface area contributed by atoms with Gasteiger partial charge in [-0.05, 0) is 11.6 Å². The van der Waals surface area contributed by atoms with Crippen molar-refractivity contribution in [1.82, 2.24) is 9.55 Å². The molecule has 29 heavy (non-hydrogen) atoms. The molecule has 0 spiro atoms. The zero-order valence-electron chi connectivity index (χ0n) is 14.7. The first-order valence-electron chi connectivity index (χ1n) is 8.13. The normalized spacial score (nSPS) is 13.4. The maximum Gasteiger partial charge on any atom is 0.413 e. The van der Waals surface area contributed by atoms with E-state index in [2.05, 4.69) is 10.3 Å². The number of carbonyl (C=O) groups excluding carboxylic acids is 2. The number of nitrogens with zero attached hydrogens (tertiary/aromatic N) is 2. The SMILES string of the molecule is O=C(Nc1ccn(C(=O)C(F)(F)[C@H](O)[C@H](O)CO)c(=O)n1)OCc1ccccc1. The third-order valence-electron chi connectivity index (χ3n) is 3.67. The second-order valence-corrected chi connectivity index (χ2v) is 5.77. The van der Waals surface area contributed by atoms with Crippen molar-refractivity contribution in [2.75, 3.05) is 11.9 Å². The Morgan fingerprint density at radius 2 is 1.86 bits per heavy atom. The monoisotopic (exact) mass is 413 g/mol. The Kier molecular flexibility index (Phi) is 7.09. The first kappa shape index (κ1) is 22.1. The number of aromatic nitrogens is 2. The molecule has 1 aromatic carbocycles. The molecule has 1 aromatic heterocycles. The summed E-state index contributed by atoms with van der Waals surface area (Å²) in [5.74, 6) is -7.12. The van der Waals surface area contributed by atoms with Gasteiger partial charge in [-0.2, -0.15) is 13.8 Å². The summed E-state index contributed by atoms with van der Waals surface area (Å²) in [5, 5.41) is 29.1. The van der Waals surface area contributed by atoms with Crippen LogP contribution in [0.15, 0.2) is 47.4 Å². The lowest BCUT2D eigenvalue weighted by Gasteiger charge is -2.24. The molecule has 10 nitrogen and oxygen atoms in total. The zero-order valence-corrected chi connectivity index (χ0v) is 14.7. The summed E-state index contributed by atoms with van der Waals surface area (Å²) in [6, 6.07) is 9.55. The summed E-state index contributed by atoms with van der Waals surface area (Å²) in [7, 11) is 0. The molecule has 0 aliphatic rings. The van der Waals surface area contributed by atoms with Gasteiger partial charge < -0.3 is 20.1 Å². The number of hydrogen-bond donors (Lipinski definition) is 4. The number of rotatable bonds is 7. The third-order valence-corrected chi connectivity index (χ3v) is 3.67. The number of benzene rings is 1. The van der Waals surface area contributed by atoms with Gasteiger partial charge in [0.05, 0.1) is 6.61 Å². The molecule has 0 bridgehead atoms. The van der Waals surface area contributed by atoms with E-state index < -0.39 is 42.4 Å². The fourth-order valence-corrected chi connectivity index (χ4v) is 2.12. The first-order chi connectivity index (χ1) is 13.7. The summed E-state index contributed by atoms with van der Waals surface area (Å²) in [6.45, 7) is -1.30.